The van der Waals surface area contributed by atoms with E-state index in [4.69, 9.17) is 24.2 Å². The Bertz CT molecular complexity index is 1420. The molecule has 0 spiro atoms. The Balaban J connectivity index is 1.75. The monoisotopic (exact) mass is 613 g/mol. The third-order valence-corrected chi connectivity index (χ3v) is 8.78. The molecule has 0 aliphatic carbocycles. The van der Waals surface area contributed by atoms with Crippen molar-refractivity contribution < 1.29 is 37.3 Å². The minimum Gasteiger partial charge on any atom is -0.497 e. The van der Waals surface area contributed by atoms with Gasteiger partial charge in [-0.1, -0.05) is 56.3 Å². The van der Waals surface area contributed by atoms with Crippen LogP contribution in [0.25, 0.3) is 0 Å². The van der Waals surface area contributed by atoms with Gasteiger partial charge in [-0.25, -0.2) is 4.79 Å². The first-order valence-corrected chi connectivity index (χ1v) is 15.3. The van der Waals surface area contributed by atoms with Crippen LogP contribution in [-0.4, -0.2) is 70.0 Å². The smallest absolute Gasteiger partial charge is 0.408 e. The van der Waals surface area contributed by atoms with Crippen molar-refractivity contribution >= 4 is 21.4 Å². The number of hydrogen-bond acceptors (Lipinski definition) is 9. The van der Waals surface area contributed by atoms with Gasteiger partial charge in [0.1, 0.15) is 28.5 Å². The molecular formula is C31H39N3O8S. The van der Waals surface area contributed by atoms with E-state index in [2.05, 4.69) is 16.7 Å². The van der Waals surface area contributed by atoms with Crippen LogP contribution in [0, 0.1) is 22.7 Å². The molecule has 0 saturated carbocycles. The van der Waals surface area contributed by atoms with Crippen molar-refractivity contribution in [2.45, 2.75) is 63.6 Å². The molecule has 2 fully saturated rings. The summed E-state index contributed by atoms with van der Waals surface area (Å²) in [5, 5.41) is 26.9. The van der Waals surface area contributed by atoms with Crippen molar-refractivity contribution in [3.05, 3.63) is 65.7 Å². The quantitative estimate of drug-likeness (QED) is 0.304. The second-order valence-corrected chi connectivity index (χ2v) is 12.5. The van der Waals surface area contributed by atoms with Crippen molar-refractivity contribution in [1.29, 1.82) is 5.26 Å². The summed E-state index contributed by atoms with van der Waals surface area (Å²) in [6.07, 6.45) is -2.09. The molecule has 0 radical (unpaired) electrons. The summed E-state index contributed by atoms with van der Waals surface area (Å²) in [6, 6.07) is 17.9. The zero-order valence-electron chi connectivity index (χ0n) is 24.6. The minimum atomic E-state index is -2.89. The van der Waals surface area contributed by atoms with E-state index in [9.17, 15) is 18.3 Å². The first-order valence-electron chi connectivity index (χ1n) is 14.2. The number of amides is 1. The summed E-state index contributed by atoms with van der Waals surface area (Å²) >= 11 is 0. The standard InChI is InChI=1S/C31H39N3O8S/c1-30(2,15-7-16-32)20-33-27(43(37)38)26(35)31(18-21-8-5-4-6-9-21,22-10-12-23(39-3)13-11-22)34-29(36)42-25-19-41-28-24(25)14-17-40-28/h4-6,8-13,24-26,28,33,35H,7,14-15,17-20H2,1-3H3,(H,34,36)/t24?,25?,26-,28?,31-/m0/s1. The van der Waals surface area contributed by atoms with Crippen LogP contribution in [-0.2, 0) is 36.5 Å². The van der Waals surface area contributed by atoms with Gasteiger partial charge in [-0.05, 0) is 41.5 Å². The SMILES string of the molecule is COc1ccc([C@](Cc2ccccc2)(NC(=O)OC2COC3OCCC23)[C@@H](O)C(NCC(C)(C)CCC#N)=S(=O)=O)cc1. The van der Waals surface area contributed by atoms with Crippen molar-refractivity contribution in [1.82, 2.24) is 10.6 Å². The lowest BCUT2D eigenvalue weighted by Gasteiger charge is -2.40. The lowest BCUT2D eigenvalue weighted by atomic mass is 9.78. The second-order valence-electron chi connectivity index (χ2n) is 11.6. The van der Waals surface area contributed by atoms with E-state index < -0.39 is 50.8 Å². The van der Waals surface area contributed by atoms with Crippen LogP contribution in [0.2, 0.25) is 0 Å². The van der Waals surface area contributed by atoms with E-state index in [1.165, 1.54) is 7.11 Å². The summed E-state index contributed by atoms with van der Waals surface area (Å²) in [6.45, 7) is 4.63. The predicted octanol–water partition coefficient (Wildman–Crippen LogP) is 2.91. The van der Waals surface area contributed by atoms with E-state index in [1.807, 2.05) is 44.2 Å². The van der Waals surface area contributed by atoms with Crippen LogP contribution in [0.4, 0.5) is 4.79 Å². The summed E-state index contributed by atoms with van der Waals surface area (Å²) in [4.78, 5) is 13.2. The zero-order chi connectivity index (χ0) is 31.0. The number of ether oxygens (including phenoxy) is 4. The summed E-state index contributed by atoms with van der Waals surface area (Å²) in [7, 11) is -1.37. The topological polar surface area (TPSA) is 156 Å². The number of carbonyl (C=O) groups excluding carboxylic acids is 1. The molecule has 3 N–H and O–H groups in total. The number of aliphatic hydroxyl groups is 1. The van der Waals surface area contributed by atoms with E-state index in [-0.39, 0.29) is 25.5 Å². The molecule has 2 aromatic rings. The molecule has 43 heavy (non-hydrogen) atoms. The summed E-state index contributed by atoms with van der Waals surface area (Å²) in [5.41, 5.74) is -0.997. The van der Waals surface area contributed by atoms with Crippen molar-refractivity contribution in [3.63, 3.8) is 0 Å². The molecule has 5 atom stereocenters. The lowest BCUT2D eigenvalue weighted by molar-refractivity contribution is -0.0907. The average Bonchev–Trinajstić information content (AvgIpc) is 3.61. The van der Waals surface area contributed by atoms with E-state index in [0.29, 0.717) is 37.2 Å². The lowest BCUT2D eigenvalue weighted by Crippen LogP contribution is -2.61. The van der Waals surface area contributed by atoms with Crippen molar-refractivity contribution in [2.24, 2.45) is 11.3 Å². The van der Waals surface area contributed by atoms with Gasteiger partial charge in [0.25, 0.3) is 0 Å². The van der Waals surface area contributed by atoms with Gasteiger partial charge in [-0.15, -0.1) is 0 Å². The Labute approximate surface area is 253 Å². The largest absolute Gasteiger partial charge is 0.497 e. The molecule has 2 aliphatic heterocycles. The number of nitrogens with zero attached hydrogens (tertiary/aromatic N) is 1. The zero-order valence-corrected chi connectivity index (χ0v) is 25.4. The fraction of sp³-hybridized carbons (Fsp3) is 0.516. The third kappa shape index (κ3) is 7.93. The molecule has 2 aliphatic rings. The van der Waals surface area contributed by atoms with Gasteiger partial charge in [-0.3, -0.25) is 5.32 Å². The number of carbonyl (C=O) groups is 1. The normalized spacial score (nSPS) is 21.6. The van der Waals surface area contributed by atoms with Crippen LogP contribution >= 0.6 is 0 Å². The van der Waals surface area contributed by atoms with Crippen LogP contribution < -0.4 is 15.4 Å². The van der Waals surface area contributed by atoms with Gasteiger partial charge in [0.15, 0.2) is 6.29 Å². The molecule has 232 valence electrons. The number of methoxy groups -OCH3 is 1. The Hall–Kier alpha value is -3.47. The Morgan fingerprint density at radius 3 is 2.53 bits per heavy atom. The van der Waals surface area contributed by atoms with Crippen LogP contribution in [0.3, 0.4) is 0 Å². The maximum Gasteiger partial charge on any atom is 0.408 e. The number of hydrogen-bond donors (Lipinski definition) is 3. The fourth-order valence-corrected chi connectivity index (χ4v) is 6.10. The third-order valence-electron chi connectivity index (χ3n) is 8.05. The first kappa shape index (κ1) is 32.4. The van der Waals surface area contributed by atoms with Crippen molar-refractivity contribution in [3.8, 4) is 11.8 Å². The molecule has 2 aromatic carbocycles. The number of benzene rings is 2. The molecule has 2 heterocycles. The van der Waals surface area contributed by atoms with E-state index >= 15 is 0 Å². The van der Waals surface area contributed by atoms with Gasteiger partial charge >= 0.3 is 6.09 Å². The highest BCUT2D eigenvalue weighted by Crippen LogP contribution is 2.35. The first-order chi connectivity index (χ1) is 20.6. The molecule has 0 aromatic heterocycles. The van der Waals surface area contributed by atoms with Gasteiger partial charge < -0.3 is 29.4 Å². The highest BCUT2D eigenvalue weighted by atomic mass is 32.2. The highest BCUT2D eigenvalue weighted by molar-refractivity contribution is 7.73. The molecule has 4 rings (SSSR count). The van der Waals surface area contributed by atoms with Crippen LogP contribution in [0.15, 0.2) is 54.6 Å². The maximum absolute atomic E-state index is 13.6. The van der Waals surface area contributed by atoms with Gasteiger partial charge in [0, 0.05) is 19.4 Å². The molecule has 2 saturated heterocycles. The number of fused-ring (bicyclic) bond motifs is 1. The fourth-order valence-electron chi connectivity index (χ4n) is 5.52. The van der Waals surface area contributed by atoms with E-state index in [1.54, 1.807) is 24.3 Å². The van der Waals surface area contributed by atoms with E-state index in [0.717, 1.165) is 5.56 Å². The molecule has 0 bridgehead atoms. The number of alkyl carbamates (subject to hydrolysis) is 1. The molecule has 3 unspecified atom stereocenters. The predicted molar refractivity (Wildman–Crippen MR) is 159 cm³/mol. The average molecular weight is 614 g/mol. The molecule has 11 nitrogen and oxygen atoms in total. The van der Waals surface area contributed by atoms with Gasteiger partial charge in [0.2, 0.25) is 10.3 Å². The Morgan fingerprint density at radius 2 is 1.88 bits per heavy atom. The van der Waals surface area contributed by atoms with Gasteiger partial charge in [-0.2, -0.15) is 13.7 Å². The van der Waals surface area contributed by atoms with Crippen LogP contribution in [0.5, 0.6) is 5.75 Å². The highest BCUT2D eigenvalue weighted by Gasteiger charge is 2.48. The molecular weight excluding hydrogens is 574 g/mol. The minimum absolute atomic E-state index is 0.0208. The number of nitriles is 1. The summed E-state index contributed by atoms with van der Waals surface area (Å²) in [5.74, 6) is 0.424. The number of rotatable bonds is 12. The number of aliphatic hydroxyl groups excluding tert-OH is 1. The molecule has 1 amide bonds. The van der Waals surface area contributed by atoms with Gasteiger partial charge in [0.05, 0.1) is 32.3 Å². The Kier molecular flexibility index (Phi) is 10.8. The van der Waals surface area contributed by atoms with Crippen molar-refractivity contribution in [2.75, 3.05) is 26.9 Å². The molecule has 12 heteroatoms. The number of nitrogens with one attached hydrogen (secondary N) is 2. The second kappa shape index (κ2) is 14.3. The maximum atomic E-state index is 13.6. The van der Waals surface area contributed by atoms with Crippen LogP contribution in [0.1, 0.15) is 44.2 Å². The Morgan fingerprint density at radius 1 is 1.16 bits per heavy atom. The summed E-state index contributed by atoms with van der Waals surface area (Å²) < 4.78 is 47.7.